The van der Waals surface area contributed by atoms with E-state index in [0.717, 1.165) is 50.0 Å². The molecular weight excluding hydrogens is 558 g/mol. The van der Waals surface area contributed by atoms with Gasteiger partial charge in [-0.1, -0.05) is 18.2 Å². The summed E-state index contributed by atoms with van der Waals surface area (Å²) in [4.78, 5) is 48.0. The van der Waals surface area contributed by atoms with Crippen molar-refractivity contribution in [3.8, 4) is 11.6 Å². The Balaban J connectivity index is 1.18. The molecule has 1 aromatic carbocycles. The van der Waals surface area contributed by atoms with Crippen LogP contribution in [0, 0.1) is 0 Å². The van der Waals surface area contributed by atoms with Crippen molar-refractivity contribution in [3.05, 3.63) is 70.8 Å². The summed E-state index contributed by atoms with van der Waals surface area (Å²) in [7, 11) is 2.18. The van der Waals surface area contributed by atoms with E-state index in [1.807, 2.05) is 18.2 Å². The highest BCUT2D eigenvalue weighted by molar-refractivity contribution is 5.96. The Kier molecular flexibility index (Phi) is 6.44. The summed E-state index contributed by atoms with van der Waals surface area (Å²) >= 11 is 0. The van der Waals surface area contributed by atoms with Crippen molar-refractivity contribution in [3.63, 3.8) is 0 Å². The second-order valence-electron chi connectivity index (χ2n) is 11.8. The molecule has 224 valence electrons. The first-order valence-corrected chi connectivity index (χ1v) is 15.2. The maximum atomic E-state index is 13.6. The fourth-order valence-electron chi connectivity index (χ4n) is 6.57. The number of rotatable bonds is 3. The van der Waals surface area contributed by atoms with E-state index in [9.17, 15) is 9.59 Å². The van der Waals surface area contributed by atoms with Crippen molar-refractivity contribution in [1.29, 1.82) is 0 Å². The zero-order chi connectivity index (χ0) is 29.8. The highest BCUT2D eigenvalue weighted by atomic mass is 16.5. The van der Waals surface area contributed by atoms with E-state index in [1.54, 1.807) is 32.6 Å². The van der Waals surface area contributed by atoms with Crippen LogP contribution in [0.1, 0.15) is 37.2 Å². The third-order valence-electron chi connectivity index (χ3n) is 8.95. The Morgan fingerprint density at radius 3 is 2.80 bits per heavy atom. The number of pyridine rings is 1. The minimum Gasteiger partial charge on any atom is -0.480 e. The average molecular weight is 592 g/mol. The van der Waals surface area contributed by atoms with Gasteiger partial charge in [-0.25, -0.2) is 19.3 Å². The molecule has 2 bridgehead atoms. The molecule has 0 aliphatic carbocycles. The predicted molar refractivity (Wildman–Crippen MR) is 168 cm³/mol. The third-order valence-corrected chi connectivity index (χ3v) is 8.95. The molecule has 3 aliphatic rings. The van der Waals surface area contributed by atoms with Gasteiger partial charge in [0, 0.05) is 35.5 Å². The largest absolute Gasteiger partial charge is 0.480 e. The number of carbonyl (C=O) groups is 1. The Hall–Kier alpha value is -4.97. The number of aromatic amines is 1. The Morgan fingerprint density at radius 1 is 1.02 bits per heavy atom. The summed E-state index contributed by atoms with van der Waals surface area (Å²) in [5.41, 5.74) is 3.47. The number of benzene rings is 1. The molecule has 0 radical (unpaired) electrons. The van der Waals surface area contributed by atoms with Gasteiger partial charge < -0.3 is 19.9 Å². The lowest BCUT2D eigenvalue weighted by Gasteiger charge is -2.28. The van der Waals surface area contributed by atoms with Gasteiger partial charge in [-0.3, -0.25) is 14.5 Å². The number of amides is 1. The van der Waals surface area contributed by atoms with Gasteiger partial charge in [0.2, 0.25) is 5.95 Å². The number of aromatic nitrogens is 6. The van der Waals surface area contributed by atoms with Crippen LogP contribution in [0.25, 0.3) is 27.8 Å². The van der Waals surface area contributed by atoms with E-state index in [4.69, 9.17) is 14.7 Å². The van der Waals surface area contributed by atoms with Crippen molar-refractivity contribution < 1.29 is 9.53 Å². The van der Waals surface area contributed by atoms with Crippen LogP contribution in [-0.2, 0) is 11.3 Å². The summed E-state index contributed by atoms with van der Waals surface area (Å²) in [6.07, 6.45) is 11.6. The number of piperidine rings is 1. The number of carbonyl (C=O) groups excluding carboxylic acids is 1. The van der Waals surface area contributed by atoms with Gasteiger partial charge in [0.25, 0.3) is 11.5 Å². The summed E-state index contributed by atoms with van der Waals surface area (Å²) in [6.45, 7) is 3.10. The first-order chi connectivity index (χ1) is 21.5. The average Bonchev–Trinajstić information content (AvgIpc) is 3.57. The lowest BCUT2D eigenvalue weighted by Crippen LogP contribution is -2.40. The smallest absolute Gasteiger partial charge is 0.278 e. The molecule has 8 rings (SSSR count). The van der Waals surface area contributed by atoms with Crippen molar-refractivity contribution in [1.82, 2.24) is 34.2 Å². The standard InChI is InChI=1S/C32H33N9O3/c1-38-14-10-20(11-15-38)23-17-33-25-16-21(6-7-22(23)25)35-32-34-18-24-29(37-32)41-27-9-8-26-30(36-27)39(28(42)19-44-26)12-4-2-3-5-13-40(41)31(24)43/h3,5-9,16-18,20,33H,2,4,10-15,19H2,1H3,(H,34,35,37)/b5-3-. The second kappa shape index (κ2) is 10.6. The highest BCUT2D eigenvalue weighted by Gasteiger charge is 2.28. The number of fused-ring (bicyclic) bond motifs is 6. The lowest BCUT2D eigenvalue weighted by atomic mass is 9.89. The molecule has 0 spiro atoms. The van der Waals surface area contributed by atoms with Gasteiger partial charge in [-0.15, -0.1) is 0 Å². The van der Waals surface area contributed by atoms with Crippen molar-refractivity contribution in [2.24, 2.45) is 0 Å². The van der Waals surface area contributed by atoms with Crippen LogP contribution in [0.5, 0.6) is 5.75 Å². The Bertz CT molecular complexity index is 2000. The predicted octanol–water partition coefficient (Wildman–Crippen LogP) is 4.09. The molecule has 0 unspecified atom stereocenters. The van der Waals surface area contributed by atoms with E-state index >= 15 is 0 Å². The van der Waals surface area contributed by atoms with Gasteiger partial charge in [-0.05, 0) is 81.6 Å². The molecule has 1 saturated heterocycles. The number of anilines is 3. The maximum absolute atomic E-state index is 13.6. The monoisotopic (exact) mass is 591 g/mol. The van der Waals surface area contributed by atoms with E-state index < -0.39 is 0 Å². The number of H-pyrrole nitrogens is 1. The van der Waals surface area contributed by atoms with Gasteiger partial charge in [-0.2, -0.15) is 4.98 Å². The SMILES string of the molecule is CN1CCC(c2c[nH]c3cc(Nc4ncc5c(=O)n6n(c5n4)-c4ccc5c(n4)N(CCC/C=C\C6)C(=O)CO5)ccc23)CC1. The van der Waals surface area contributed by atoms with E-state index in [-0.39, 0.29) is 18.1 Å². The van der Waals surface area contributed by atoms with Crippen LogP contribution in [0.2, 0.25) is 0 Å². The van der Waals surface area contributed by atoms with Gasteiger partial charge in [0.05, 0.1) is 6.54 Å². The topological polar surface area (TPSA) is 126 Å². The molecule has 0 atom stereocenters. The van der Waals surface area contributed by atoms with Crippen molar-refractivity contribution in [2.75, 3.05) is 43.5 Å². The number of allylic oxidation sites excluding steroid dienone is 2. The zero-order valence-electron chi connectivity index (χ0n) is 24.5. The van der Waals surface area contributed by atoms with Crippen LogP contribution in [0.3, 0.4) is 0 Å². The summed E-state index contributed by atoms with van der Waals surface area (Å²) < 4.78 is 8.97. The molecule has 44 heavy (non-hydrogen) atoms. The van der Waals surface area contributed by atoms with Gasteiger partial charge in [0.1, 0.15) is 5.39 Å². The molecule has 12 nitrogen and oxygen atoms in total. The molecule has 4 aromatic heterocycles. The van der Waals surface area contributed by atoms with E-state index in [1.165, 1.54) is 10.9 Å². The van der Waals surface area contributed by atoms with Crippen molar-refractivity contribution in [2.45, 2.75) is 38.1 Å². The number of nitrogens with zero attached hydrogens (tertiary/aromatic N) is 7. The number of hydrogen-bond donors (Lipinski definition) is 2. The summed E-state index contributed by atoms with van der Waals surface area (Å²) in [5, 5.41) is 4.95. The third kappa shape index (κ3) is 4.53. The second-order valence-corrected chi connectivity index (χ2v) is 11.8. The molecule has 1 amide bonds. The molecule has 0 saturated carbocycles. The number of nitrogens with one attached hydrogen (secondary N) is 2. The van der Waals surface area contributed by atoms with Crippen LogP contribution in [-0.4, -0.2) is 73.4 Å². The first-order valence-electron chi connectivity index (χ1n) is 15.2. The van der Waals surface area contributed by atoms with E-state index in [0.29, 0.717) is 53.4 Å². The molecule has 5 aromatic rings. The fraction of sp³-hybridized carbons (Fsp3) is 0.344. The van der Waals surface area contributed by atoms with Gasteiger partial charge >= 0.3 is 0 Å². The molecule has 2 N–H and O–H groups in total. The van der Waals surface area contributed by atoms with Crippen LogP contribution in [0.4, 0.5) is 17.5 Å². The highest BCUT2D eigenvalue weighted by Crippen LogP contribution is 2.35. The quantitative estimate of drug-likeness (QED) is 0.301. The number of ether oxygens (including phenoxy) is 1. The normalized spacial score (nSPS) is 18.5. The fourth-order valence-corrected chi connectivity index (χ4v) is 6.57. The van der Waals surface area contributed by atoms with Crippen LogP contribution >= 0.6 is 0 Å². The molecule has 7 heterocycles. The van der Waals surface area contributed by atoms with Crippen LogP contribution in [0.15, 0.2) is 59.7 Å². The minimum atomic E-state index is -0.216. The molecule has 3 aliphatic heterocycles. The Morgan fingerprint density at radius 2 is 1.91 bits per heavy atom. The molecular formula is C32H33N9O3. The molecule has 12 heteroatoms. The minimum absolute atomic E-state index is 0.0168. The number of likely N-dealkylation sites (tertiary alicyclic amines) is 1. The van der Waals surface area contributed by atoms with Crippen LogP contribution < -0.4 is 20.5 Å². The van der Waals surface area contributed by atoms with Crippen molar-refractivity contribution >= 4 is 45.3 Å². The van der Waals surface area contributed by atoms with E-state index in [2.05, 4.69) is 45.6 Å². The first kappa shape index (κ1) is 26.6. The number of hydrogen-bond acceptors (Lipinski definition) is 8. The summed E-state index contributed by atoms with van der Waals surface area (Å²) in [6, 6.07) is 9.84. The van der Waals surface area contributed by atoms with Gasteiger partial charge in [0.15, 0.2) is 29.6 Å². The maximum Gasteiger partial charge on any atom is 0.278 e. The lowest BCUT2D eigenvalue weighted by molar-refractivity contribution is -0.121. The zero-order valence-corrected chi connectivity index (χ0v) is 24.5. The Labute approximate surface area is 253 Å². The summed E-state index contributed by atoms with van der Waals surface area (Å²) in [5.74, 6) is 2.25. The molecule has 1 fully saturated rings.